The number of hydrogen-bond acceptors (Lipinski definition) is 3. The lowest BCUT2D eigenvalue weighted by Crippen LogP contribution is -2.30. The van der Waals surface area contributed by atoms with Gasteiger partial charge in [-0.2, -0.15) is 0 Å². The summed E-state index contributed by atoms with van der Waals surface area (Å²) in [6, 6.07) is 9.08. The summed E-state index contributed by atoms with van der Waals surface area (Å²) in [5.41, 5.74) is 1.37. The first kappa shape index (κ1) is 15.5. The van der Waals surface area contributed by atoms with E-state index in [1.54, 1.807) is 4.90 Å². The third-order valence-corrected chi connectivity index (χ3v) is 4.04. The summed E-state index contributed by atoms with van der Waals surface area (Å²) in [6.45, 7) is 3.24. The van der Waals surface area contributed by atoms with Crippen molar-refractivity contribution in [2.45, 2.75) is 25.8 Å². The van der Waals surface area contributed by atoms with E-state index in [0.29, 0.717) is 18.7 Å². The Labute approximate surface area is 134 Å². The molecule has 2 heterocycles. The number of aromatic nitrogens is 1. The molecule has 1 fully saturated rings. The average Bonchev–Trinajstić information content (AvgIpc) is 3.05. The number of pyridine rings is 1. The monoisotopic (exact) mass is 314 g/mol. The summed E-state index contributed by atoms with van der Waals surface area (Å²) in [7, 11) is 0. The Kier molecular flexibility index (Phi) is 4.55. The number of carbonyl (C=O) groups is 1. The number of halogens is 1. The van der Waals surface area contributed by atoms with E-state index in [1.807, 2.05) is 31.2 Å². The van der Waals surface area contributed by atoms with Gasteiger partial charge in [-0.3, -0.25) is 9.78 Å². The second kappa shape index (κ2) is 6.77. The molecular weight excluding hydrogens is 295 g/mol. The lowest BCUT2D eigenvalue weighted by Gasteiger charge is -2.25. The lowest BCUT2D eigenvalue weighted by molar-refractivity contribution is 0.0734. The second-order valence-corrected chi connectivity index (χ2v) is 5.55. The molecular formula is C18H19FN2O2. The Morgan fingerprint density at radius 2 is 2.13 bits per heavy atom. The smallest absolute Gasteiger partial charge is 0.256 e. The maximum Gasteiger partial charge on any atom is 0.256 e. The quantitative estimate of drug-likeness (QED) is 0.866. The Morgan fingerprint density at radius 3 is 2.83 bits per heavy atom. The fourth-order valence-electron chi connectivity index (χ4n) is 3.00. The zero-order valence-corrected chi connectivity index (χ0v) is 13.0. The number of amides is 1. The molecule has 4 nitrogen and oxygen atoms in total. The second-order valence-electron chi connectivity index (χ2n) is 5.55. The molecule has 1 aliphatic rings. The van der Waals surface area contributed by atoms with Crippen molar-refractivity contribution in [2.24, 2.45) is 0 Å². The highest BCUT2D eigenvalue weighted by Crippen LogP contribution is 2.33. The zero-order chi connectivity index (χ0) is 16.2. The van der Waals surface area contributed by atoms with Crippen molar-refractivity contribution in [2.75, 3.05) is 13.2 Å². The van der Waals surface area contributed by atoms with Crippen molar-refractivity contribution in [3.63, 3.8) is 0 Å². The minimum Gasteiger partial charge on any atom is -0.494 e. The van der Waals surface area contributed by atoms with Crippen LogP contribution in [0.15, 0.2) is 42.7 Å². The third kappa shape index (κ3) is 3.33. The van der Waals surface area contributed by atoms with Crippen LogP contribution in [0.1, 0.15) is 41.7 Å². The van der Waals surface area contributed by atoms with Crippen molar-refractivity contribution in [3.8, 4) is 5.75 Å². The van der Waals surface area contributed by atoms with Crippen molar-refractivity contribution >= 4 is 5.91 Å². The average molecular weight is 314 g/mol. The summed E-state index contributed by atoms with van der Waals surface area (Å²) < 4.78 is 18.8. The standard InChI is InChI=1S/C18H19FN2O2/c1-2-23-16-7-5-13(6-8-16)17-4-3-9-21(17)18(22)14-10-15(19)12-20-11-14/h5-8,10-12,17H,2-4,9H2,1H3/t17-/m0/s1. The van der Waals surface area contributed by atoms with E-state index in [2.05, 4.69) is 4.98 Å². The number of ether oxygens (including phenoxy) is 1. The van der Waals surface area contributed by atoms with Gasteiger partial charge in [-0.05, 0) is 43.5 Å². The summed E-state index contributed by atoms with van der Waals surface area (Å²) in [5.74, 6) is 0.155. The van der Waals surface area contributed by atoms with E-state index in [-0.39, 0.29) is 11.9 Å². The molecule has 0 unspecified atom stereocenters. The SMILES string of the molecule is CCOc1ccc([C@@H]2CCCN2C(=O)c2cncc(F)c2)cc1. The van der Waals surface area contributed by atoms with Gasteiger partial charge in [0.2, 0.25) is 0 Å². The molecule has 1 aromatic heterocycles. The molecule has 1 aliphatic heterocycles. The molecule has 0 aliphatic carbocycles. The summed E-state index contributed by atoms with van der Waals surface area (Å²) in [4.78, 5) is 18.2. The van der Waals surface area contributed by atoms with Crippen LogP contribution in [0.2, 0.25) is 0 Å². The van der Waals surface area contributed by atoms with Crippen LogP contribution in [0.4, 0.5) is 4.39 Å². The van der Waals surface area contributed by atoms with E-state index >= 15 is 0 Å². The summed E-state index contributed by atoms with van der Waals surface area (Å²) in [6.07, 6.45) is 4.36. The van der Waals surface area contributed by atoms with Crippen LogP contribution in [-0.4, -0.2) is 28.9 Å². The number of nitrogens with zero attached hydrogens (tertiary/aromatic N) is 2. The Hall–Kier alpha value is -2.43. The minimum atomic E-state index is -0.493. The van der Waals surface area contributed by atoms with Gasteiger partial charge in [-0.1, -0.05) is 12.1 Å². The van der Waals surface area contributed by atoms with Gasteiger partial charge in [0.15, 0.2) is 0 Å². The first-order valence-corrected chi connectivity index (χ1v) is 7.83. The normalized spacial score (nSPS) is 17.3. The molecule has 1 amide bonds. The van der Waals surface area contributed by atoms with Crippen molar-refractivity contribution in [3.05, 3.63) is 59.7 Å². The molecule has 5 heteroatoms. The van der Waals surface area contributed by atoms with Crippen LogP contribution in [-0.2, 0) is 0 Å². The third-order valence-electron chi connectivity index (χ3n) is 4.04. The van der Waals surface area contributed by atoms with Crippen LogP contribution >= 0.6 is 0 Å². The predicted molar refractivity (Wildman–Crippen MR) is 84.8 cm³/mol. The van der Waals surface area contributed by atoms with E-state index in [1.165, 1.54) is 12.3 Å². The van der Waals surface area contributed by atoms with Gasteiger partial charge in [0.05, 0.1) is 24.4 Å². The maximum atomic E-state index is 13.3. The first-order valence-electron chi connectivity index (χ1n) is 7.83. The van der Waals surface area contributed by atoms with E-state index in [0.717, 1.165) is 30.4 Å². The summed E-state index contributed by atoms with van der Waals surface area (Å²) in [5, 5.41) is 0. The minimum absolute atomic E-state index is 0.0152. The summed E-state index contributed by atoms with van der Waals surface area (Å²) >= 11 is 0. The first-order chi connectivity index (χ1) is 11.2. The highest BCUT2D eigenvalue weighted by molar-refractivity contribution is 5.94. The Balaban J connectivity index is 1.81. The number of hydrogen-bond donors (Lipinski definition) is 0. The lowest BCUT2D eigenvalue weighted by atomic mass is 10.0. The van der Waals surface area contributed by atoms with Crippen LogP contribution in [0.5, 0.6) is 5.75 Å². The van der Waals surface area contributed by atoms with Crippen molar-refractivity contribution in [1.82, 2.24) is 9.88 Å². The van der Waals surface area contributed by atoms with Gasteiger partial charge in [-0.25, -0.2) is 4.39 Å². The molecule has 1 atom stereocenters. The van der Waals surface area contributed by atoms with Gasteiger partial charge in [0.25, 0.3) is 5.91 Å². The van der Waals surface area contributed by atoms with E-state index in [4.69, 9.17) is 4.74 Å². The molecule has 0 N–H and O–H groups in total. The zero-order valence-electron chi connectivity index (χ0n) is 13.0. The van der Waals surface area contributed by atoms with Gasteiger partial charge in [-0.15, -0.1) is 0 Å². The number of carbonyl (C=O) groups excluding carboxylic acids is 1. The highest BCUT2D eigenvalue weighted by Gasteiger charge is 2.30. The van der Waals surface area contributed by atoms with Crippen LogP contribution < -0.4 is 4.74 Å². The van der Waals surface area contributed by atoms with Crippen LogP contribution in [0, 0.1) is 5.82 Å². The number of benzene rings is 1. The molecule has 23 heavy (non-hydrogen) atoms. The highest BCUT2D eigenvalue weighted by atomic mass is 19.1. The van der Waals surface area contributed by atoms with Crippen molar-refractivity contribution in [1.29, 1.82) is 0 Å². The van der Waals surface area contributed by atoms with E-state index < -0.39 is 5.82 Å². The van der Waals surface area contributed by atoms with Crippen LogP contribution in [0.25, 0.3) is 0 Å². The van der Waals surface area contributed by atoms with Crippen LogP contribution in [0.3, 0.4) is 0 Å². The molecule has 1 aromatic carbocycles. The van der Waals surface area contributed by atoms with Gasteiger partial charge in [0, 0.05) is 12.7 Å². The molecule has 2 aromatic rings. The molecule has 0 saturated carbocycles. The molecule has 0 spiro atoms. The largest absolute Gasteiger partial charge is 0.494 e. The van der Waals surface area contributed by atoms with Gasteiger partial charge < -0.3 is 9.64 Å². The molecule has 0 radical (unpaired) electrons. The molecule has 1 saturated heterocycles. The molecule has 0 bridgehead atoms. The Bertz CT molecular complexity index is 688. The van der Waals surface area contributed by atoms with E-state index in [9.17, 15) is 9.18 Å². The number of rotatable bonds is 4. The maximum absolute atomic E-state index is 13.3. The fourth-order valence-corrected chi connectivity index (χ4v) is 3.00. The van der Waals surface area contributed by atoms with Crippen molar-refractivity contribution < 1.29 is 13.9 Å². The fraction of sp³-hybridized carbons (Fsp3) is 0.333. The number of likely N-dealkylation sites (tertiary alicyclic amines) is 1. The van der Waals surface area contributed by atoms with Gasteiger partial charge >= 0.3 is 0 Å². The molecule has 3 rings (SSSR count). The topological polar surface area (TPSA) is 42.4 Å². The Morgan fingerprint density at radius 1 is 1.35 bits per heavy atom. The van der Waals surface area contributed by atoms with Gasteiger partial charge in [0.1, 0.15) is 11.6 Å². The molecule has 120 valence electrons. The predicted octanol–water partition coefficient (Wildman–Crippen LogP) is 3.60.